The molecule has 1 N–H and O–H groups in total. The van der Waals surface area contributed by atoms with Crippen molar-refractivity contribution in [3.63, 3.8) is 0 Å². The predicted octanol–water partition coefficient (Wildman–Crippen LogP) is 3.18. The van der Waals surface area contributed by atoms with E-state index in [-0.39, 0.29) is 0 Å². The first kappa shape index (κ1) is 13.0. The van der Waals surface area contributed by atoms with E-state index < -0.39 is 0 Å². The summed E-state index contributed by atoms with van der Waals surface area (Å²) < 4.78 is 5.52. The van der Waals surface area contributed by atoms with Crippen LogP contribution in [0.2, 0.25) is 0 Å². The van der Waals surface area contributed by atoms with Gasteiger partial charge < -0.3 is 9.84 Å². The van der Waals surface area contributed by atoms with E-state index in [1.165, 1.54) is 5.56 Å². The highest BCUT2D eigenvalue weighted by Gasteiger charge is 1.95. The summed E-state index contributed by atoms with van der Waals surface area (Å²) in [4.78, 5) is 0. The van der Waals surface area contributed by atoms with Crippen LogP contribution in [0, 0.1) is 0 Å². The van der Waals surface area contributed by atoms with Gasteiger partial charge in [-0.2, -0.15) is 0 Å². The molecule has 0 aliphatic heterocycles. The lowest BCUT2D eigenvalue weighted by atomic mass is 10.1. The highest BCUT2D eigenvalue weighted by atomic mass is 16.5. The maximum atomic E-state index is 8.67. The molecule has 0 aliphatic rings. The number of aryl methyl sites for hydroxylation is 1. The van der Waals surface area contributed by atoms with E-state index in [2.05, 4.69) is 19.1 Å². The molecule has 1 aromatic rings. The van der Waals surface area contributed by atoms with Crippen molar-refractivity contribution in [2.75, 3.05) is 13.2 Å². The highest BCUT2D eigenvalue weighted by Crippen LogP contribution is 2.14. The van der Waals surface area contributed by atoms with E-state index in [0.29, 0.717) is 6.61 Å². The molecule has 0 bridgehead atoms. The van der Waals surface area contributed by atoms with Crippen LogP contribution in [0.3, 0.4) is 0 Å². The van der Waals surface area contributed by atoms with Gasteiger partial charge in [0, 0.05) is 6.61 Å². The summed E-state index contributed by atoms with van der Waals surface area (Å²) in [7, 11) is 0. The second kappa shape index (κ2) is 8.17. The zero-order valence-corrected chi connectivity index (χ0v) is 10.1. The van der Waals surface area contributed by atoms with Gasteiger partial charge in [-0.3, -0.25) is 0 Å². The van der Waals surface area contributed by atoms with Crippen LogP contribution in [0.15, 0.2) is 24.3 Å². The third-order valence-electron chi connectivity index (χ3n) is 2.52. The number of unbranched alkanes of at least 4 members (excludes halogenated alkanes) is 2. The molecule has 0 radical (unpaired) electrons. The van der Waals surface area contributed by atoms with Crippen molar-refractivity contribution in [3.05, 3.63) is 29.8 Å². The molecule has 2 nitrogen and oxygen atoms in total. The van der Waals surface area contributed by atoms with Gasteiger partial charge >= 0.3 is 0 Å². The summed E-state index contributed by atoms with van der Waals surface area (Å²) in [6.07, 6.45) is 5.30. The first-order valence-electron chi connectivity index (χ1n) is 6.19. The second-order valence-corrected chi connectivity index (χ2v) is 4.03. The predicted molar refractivity (Wildman–Crippen MR) is 66.9 cm³/mol. The van der Waals surface area contributed by atoms with Gasteiger partial charge in [0.05, 0.1) is 6.61 Å². The largest absolute Gasteiger partial charge is 0.494 e. The monoisotopic (exact) mass is 222 g/mol. The van der Waals surface area contributed by atoms with Gasteiger partial charge in [0.25, 0.3) is 0 Å². The molecule has 16 heavy (non-hydrogen) atoms. The van der Waals surface area contributed by atoms with Gasteiger partial charge in [0.15, 0.2) is 0 Å². The van der Waals surface area contributed by atoms with Crippen molar-refractivity contribution in [2.45, 2.75) is 39.0 Å². The topological polar surface area (TPSA) is 29.5 Å². The molecule has 0 saturated carbocycles. The van der Waals surface area contributed by atoms with Crippen molar-refractivity contribution in [1.82, 2.24) is 0 Å². The van der Waals surface area contributed by atoms with E-state index in [9.17, 15) is 0 Å². The highest BCUT2D eigenvalue weighted by molar-refractivity contribution is 5.27. The fourth-order valence-corrected chi connectivity index (χ4v) is 1.59. The third kappa shape index (κ3) is 5.17. The van der Waals surface area contributed by atoms with Gasteiger partial charge in [-0.25, -0.2) is 0 Å². The minimum atomic E-state index is 0.309. The van der Waals surface area contributed by atoms with E-state index in [4.69, 9.17) is 9.84 Å². The Hall–Kier alpha value is -1.02. The second-order valence-electron chi connectivity index (χ2n) is 4.03. The standard InChI is InChI=1S/C14H22O2/c1-2-12-16-14-9-7-13(8-10-14)6-4-3-5-11-15/h7-10,15H,2-6,11-12H2,1H3. The van der Waals surface area contributed by atoms with E-state index in [0.717, 1.165) is 44.5 Å². The molecular weight excluding hydrogens is 200 g/mol. The Bertz CT molecular complexity index is 267. The van der Waals surface area contributed by atoms with Gasteiger partial charge in [-0.1, -0.05) is 25.5 Å². The summed E-state index contributed by atoms with van der Waals surface area (Å²) >= 11 is 0. The van der Waals surface area contributed by atoms with Crippen LogP contribution in [-0.4, -0.2) is 18.3 Å². The van der Waals surface area contributed by atoms with E-state index >= 15 is 0 Å². The van der Waals surface area contributed by atoms with Gasteiger partial charge in [0.1, 0.15) is 5.75 Å². The lowest BCUT2D eigenvalue weighted by Gasteiger charge is -2.05. The molecule has 0 atom stereocenters. The van der Waals surface area contributed by atoms with Gasteiger partial charge in [0.2, 0.25) is 0 Å². The smallest absolute Gasteiger partial charge is 0.119 e. The average molecular weight is 222 g/mol. The number of hydrogen-bond acceptors (Lipinski definition) is 2. The number of benzene rings is 1. The van der Waals surface area contributed by atoms with Crippen LogP contribution < -0.4 is 4.74 Å². The zero-order chi connectivity index (χ0) is 11.6. The summed E-state index contributed by atoms with van der Waals surface area (Å²) in [6.45, 7) is 3.20. The maximum absolute atomic E-state index is 8.67. The van der Waals surface area contributed by atoms with Crippen LogP contribution in [-0.2, 0) is 6.42 Å². The quantitative estimate of drug-likeness (QED) is 0.684. The Morgan fingerprint density at radius 3 is 2.44 bits per heavy atom. The minimum Gasteiger partial charge on any atom is -0.494 e. The molecule has 0 fully saturated rings. The number of ether oxygens (including phenoxy) is 1. The zero-order valence-electron chi connectivity index (χ0n) is 10.1. The van der Waals surface area contributed by atoms with Crippen molar-refractivity contribution < 1.29 is 9.84 Å². The Balaban J connectivity index is 2.27. The van der Waals surface area contributed by atoms with Gasteiger partial charge in [-0.15, -0.1) is 0 Å². The fourth-order valence-electron chi connectivity index (χ4n) is 1.59. The fraction of sp³-hybridized carbons (Fsp3) is 0.571. The Morgan fingerprint density at radius 1 is 1.06 bits per heavy atom. The molecule has 0 saturated heterocycles. The maximum Gasteiger partial charge on any atom is 0.119 e. The Morgan fingerprint density at radius 2 is 1.81 bits per heavy atom. The molecule has 0 aromatic heterocycles. The summed E-state index contributed by atoms with van der Waals surface area (Å²) in [5.41, 5.74) is 1.35. The number of hydrogen-bond donors (Lipinski definition) is 1. The summed E-state index contributed by atoms with van der Waals surface area (Å²) in [5.74, 6) is 0.959. The average Bonchev–Trinajstić information content (AvgIpc) is 2.33. The number of rotatable bonds is 8. The van der Waals surface area contributed by atoms with Crippen LogP contribution in [0.25, 0.3) is 0 Å². The summed E-state index contributed by atoms with van der Waals surface area (Å²) in [6, 6.07) is 8.34. The van der Waals surface area contributed by atoms with Crippen molar-refractivity contribution in [3.8, 4) is 5.75 Å². The molecule has 0 amide bonds. The molecule has 90 valence electrons. The molecular formula is C14H22O2. The van der Waals surface area contributed by atoms with Gasteiger partial charge in [-0.05, 0) is 43.4 Å². The normalized spacial score (nSPS) is 10.4. The van der Waals surface area contributed by atoms with Crippen LogP contribution in [0.1, 0.15) is 38.2 Å². The lowest BCUT2D eigenvalue weighted by Crippen LogP contribution is -1.95. The van der Waals surface area contributed by atoms with E-state index in [1.54, 1.807) is 0 Å². The molecule has 1 aromatic carbocycles. The minimum absolute atomic E-state index is 0.309. The summed E-state index contributed by atoms with van der Waals surface area (Å²) in [5, 5.41) is 8.67. The third-order valence-corrected chi connectivity index (χ3v) is 2.52. The molecule has 0 aliphatic carbocycles. The van der Waals surface area contributed by atoms with E-state index in [1.807, 2.05) is 12.1 Å². The Labute approximate surface area is 98.3 Å². The van der Waals surface area contributed by atoms with Crippen LogP contribution >= 0.6 is 0 Å². The molecule has 2 heteroatoms. The molecule has 0 spiro atoms. The number of aliphatic hydroxyl groups excluding tert-OH is 1. The van der Waals surface area contributed by atoms with Crippen molar-refractivity contribution in [2.24, 2.45) is 0 Å². The van der Waals surface area contributed by atoms with Crippen molar-refractivity contribution in [1.29, 1.82) is 0 Å². The molecule has 0 unspecified atom stereocenters. The van der Waals surface area contributed by atoms with Crippen LogP contribution in [0.4, 0.5) is 0 Å². The number of aliphatic hydroxyl groups is 1. The lowest BCUT2D eigenvalue weighted by molar-refractivity contribution is 0.283. The SMILES string of the molecule is CCCOc1ccc(CCCCCO)cc1. The first-order valence-corrected chi connectivity index (χ1v) is 6.19. The molecule has 0 heterocycles. The Kier molecular flexibility index (Phi) is 6.66. The first-order chi connectivity index (χ1) is 7.86. The van der Waals surface area contributed by atoms with Crippen LogP contribution in [0.5, 0.6) is 5.75 Å². The van der Waals surface area contributed by atoms with Crippen molar-refractivity contribution >= 4 is 0 Å². The molecule has 1 rings (SSSR count).